The highest BCUT2D eigenvalue weighted by Crippen LogP contribution is 2.34. The Morgan fingerprint density at radius 3 is 2.75 bits per heavy atom. The quantitative estimate of drug-likeness (QED) is 0.316. The molecule has 3 aromatic rings. The molecule has 192 valence electrons. The number of thiazole rings is 1. The maximum absolute atomic E-state index is 13.5. The number of nitrogens with zero attached hydrogens (tertiary/aromatic N) is 5. The van der Waals surface area contributed by atoms with Gasteiger partial charge in [-0.15, -0.1) is 0 Å². The Hall–Kier alpha value is -3.16. The van der Waals surface area contributed by atoms with Gasteiger partial charge in [-0.25, -0.2) is 27.5 Å². The summed E-state index contributed by atoms with van der Waals surface area (Å²) in [7, 11) is 1.68. The van der Waals surface area contributed by atoms with Crippen molar-refractivity contribution >= 4 is 72.4 Å². The lowest BCUT2D eigenvalue weighted by Crippen LogP contribution is -2.48. The zero-order valence-corrected chi connectivity index (χ0v) is 22.2. The minimum atomic E-state index is -3.13. The van der Waals surface area contributed by atoms with Gasteiger partial charge in [0.15, 0.2) is 5.13 Å². The van der Waals surface area contributed by atoms with Gasteiger partial charge in [0.05, 0.1) is 13.3 Å². The molecular weight excluding hydrogens is 528 g/mol. The zero-order chi connectivity index (χ0) is 26.1. The van der Waals surface area contributed by atoms with Gasteiger partial charge in [-0.3, -0.25) is 4.79 Å². The third-order valence-corrected chi connectivity index (χ3v) is 8.50. The number of carbonyl (C=O) groups is 2. The van der Waals surface area contributed by atoms with E-state index in [9.17, 15) is 18.0 Å². The van der Waals surface area contributed by atoms with Crippen molar-refractivity contribution in [3.05, 3.63) is 41.2 Å². The number of anilines is 3. The highest BCUT2D eigenvalue weighted by atomic mass is 35.5. The van der Waals surface area contributed by atoms with Crippen LogP contribution in [0.4, 0.5) is 16.0 Å². The average Bonchev–Trinajstić information content (AvgIpc) is 3.46. The Morgan fingerprint density at radius 2 is 2.11 bits per heavy atom. The smallest absolute Gasteiger partial charge is 0.328 e. The summed E-state index contributed by atoms with van der Waals surface area (Å²) in [6.45, 7) is 0.171. The second-order valence-corrected chi connectivity index (χ2v) is 10.7. The van der Waals surface area contributed by atoms with Crippen LogP contribution in [0.1, 0.15) is 12.0 Å². The molecule has 14 heteroatoms. The van der Waals surface area contributed by atoms with E-state index < -0.39 is 34.9 Å². The number of fused-ring (bicyclic) bond motifs is 1. The highest BCUT2D eigenvalue weighted by Gasteiger charge is 2.43. The molecule has 1 amide bonds. The molecule has 0 spiro atoms. The fourth-order valence-electron chi connectivity index (χ4n) is 4.23. The summed E-state index contributed by atoms with van der Waals surface area (Å²) >= 11 is 7.66. The molecule has 3 heterocycles. The average molecular weight is 553 g/mol. The molecule has 36 heavy (non-hydrogen) atoms. The molecule has 0 radical (unpaired) electrons. The summed E-state index contributed by atoms with van der Waals surface area (Å²) in [5.74, 6) is -0.787. The molecule has 1 fully saturated rings. The number of rotatable bonds is 8. The van der Waals surface area contributed by atoms with Gasteiger partial charge in [-0.05, 0) is 35.6 Å². The first kappa shape index (κ1) is 25.9. The van der Waals surface area contributed by atoms with Crippen molar-refractivity contribution < 1.29 is 22.7 Å². The minimum absolute atomic E-state index is 0.0803. The van der Waals surface area contributed by atoms with Crippen LogP contribution in [0.2, 0.25) is 5.02 Å². The zero-order valence-electron chi connectivity index (χ0n) is 19.8. The van der Waals surface area contributed by atoms with Crippen molar-refractivity contribution in [2.75, 3.05) is 42.7 Å². The lowest BCUT2D eigenvalue weighted by molar-refractivity contribution is -0.151. The predicted molar refractivity (Wildman–Crippen MR) is 140 cm³/mol. The lowest BCUT2D eigenvalue weighted by Gasteiger charge is -2.28. The number of ether oxygens (including phenoxy) is 1. The molecule has 11 nitrogen and oxygen atoms in total. The number of halogens is 1. The van der Waals surface area contributed by atoms with Gasteiger partial charge in [-0.1, -0.05) is 22.9 Å². The van der Waals surface area contributed by atoms with E-state index in [0.29, 0.717) is 31.9 Å². The maximum atomic E-state index is 13.5. The Balaban J connectivity index is 1.64. The monoisotopic (exact) mass is 552 g/mol. The van der Waals surface area contributed by atoms with E-state index in [-0.39, 0.29) is 19.4 Å². The van der Waals surface area contributed by atoms with Crippen LogP contribution in [-0.4, -0.2) is 75.0 Å². The number of aromatic nitrogens is 2. The van der Waals surface area contributed by atoms with E-state index >= 15 is 0 Å². The molecule has 1 aliphatic rings. The number of hydrogen-bond donors (Lipinski definition) is 2. The first-order chi connectivity index (χ1) is 17.1. The third-order valence-electron chi connectivity index (χ3n) is 6.00. The second kappa shape index (κ2) is 10.4. The topological polar surface area (TPSA) is 139 Å². The molecule has 4 rings (SSSR count). The molecule has 2 N–H and O–H groups in total. The molecule has 0 saturated carbocycles. The van der Waals surface area contributed by atoms with E-state index in [2.05, 4.69) is 9.97 Å². The molecule has 1 saturated heterocycles. The van der Waals surface area contributed by atoms with Crippen molar-refractivity contribution in [1.29, 1.82) is 0 Å². The second-order valence-electron chi connectivity index (χ2n) is 8.40. The molecule has 0 aliphatic carbocycles. The summed E-state index contributed by atoms with van der Waals surface area (Å²) in [6, 6.07) is 3.26. The Bertz CT molecular complexity index is 1390. The molecular formula is C22H25ClN6O5S2. The van der Waals surface area contributed by atoms with Gasteiger partial charge in [0.25, 0.3) is 0 Å². The highest BCUT2D eigenvalue weighted by molar-refractivity contribution is 7.74. The molecule has 0 unspecified atom stereocenters. The Morgan fingerprint density at radius 1 is 1.36 bits per heavy atom. The van der Waals surface area contributed by atoms with E-state index in [4.69, 9.17) is 22.1 Å². The predicted octanol–water partition coefficient (Wildman–Crippen LogP) is 1.71. The molecule has 0 bridgehead atoms. The standard InChI is InChI=1S/C22H25ClN6O5S2/c1-27(2)22-26-11-18(35-22)29(36(32)33)16-5-7-28(20(16)30)17(21(31)34-3)9-13-8-12-4-6-25-19(24)14(12)10-15(13)23/h4,6,8,10-11,16-17,36H,5,7,9H2,1-3H3,(H2,24,25)/t16-,17+/m0/s1. The van der Waals surface area contributed by atoms with Crippen molar-refractivity contribution in [2.24, 2.45) is 0 Å². The van der Waals surface area contributed by atoms with E-state index in [1.54, 1.807) is 43.4 Å². The van der Waals surface area contributed by atoms with Crippen LogP contribution in [-0.2, 0) is 31.6 Å². The van der Waals surface area contributed by atoms with E-state index in [1.165, 1.54) is 18.2 Å². The number of hydrogen-bond acceptors (Lipinski definition) is 10. The normalized spacial score (nSPS) is 16.5. The summed E-state index contributed by atoms with van der Waals surface area (Å²) in [4.78, 5) is 37.7. The van der Waals surface area contributed by atoms with Gasteiger partial charge in [0, 0.05) is 43.7 Å². The fourth-order valence-corrected chi connectivity index (χ4v) is 6.24. The summed E-state index contributed by atoms with van der Waals surface area (Å²) in [6.07, 6.45) is 3.28. The van der Waals surface area contributed by atoms with Crippen molar-refractivity contribution in [2.45, 2.75) is 24.9 Å². The number of pyridine rings is 1. The first-order valence-corrected chi connectivity index (χ1v) is 13.2. The number of thiol groups is 1. The summed E-state index contributed by atoms with van der Waals surface area (Å²) < 4.78 is 30.4. The first-order valence-electron chi connectivity index (χ1n) is 10.9. The number of nitrogens with two attached hydrogens (primary N) is 1. The van der Waals surface area contributed by atoms with Gasteiger partial charge < -0.3 is 20.3 Å². The third kappa shape index (κ3) is 4.90. The van der Waals surface area contributed by atoms with Crippen molar-refractivity contribution in [3.8, 4) is 0 Å². The fraction of sp³-hybridized carbons (Fsp3) is 0.364. The van der Waals surface area contributed by atoms with Gasteiger partial charge >= 0.3 is 5.97 Å². The number of esters is 1. The van der Waals surface area contributed by atoms with Crippen molar-refractivity contribution in [1.82, 2.24) is 14.9 Å². The number of methoxy groups -OCH3 is 1. The molecule has 1 aliphatic heterocycles. The number of carbonyl (C=O) groups excluding carboxylic acids is 2. The molecule has 2 aromatic heterocycles. The number of benzene rings is 1. The van der Waals surface area contributed by atoms with Gasteiger partial charge in [0.2, 0.25) is 16.8 Å². The van der Waals surface area contributed by atoms with Crippen LogP contribution in [0.5, 0.6) is 0 Å². The van der Waals surface area contributed by atoms with E-state index in [0.717, 1.165) is 21.0 Å². The lowest BCUT2D eigenvalue weighted by atomic mass is 10.0. The number of amides is 1. The van der Waals surface area contributed by atoms with Gasteiger partial charge in [-0.2, -0.15) is 0 Å². The van der Waals surface area contributed by atoms with Crippen molar-refractivity contribution in [3.63, 3.8) is 0 Å². The number of likely N-dealkylation sites (tertiary alicyclic amines) is 1. The van der Waals surface area contributed by atoms with Crippen LogP contribution in [0.25, 0.3) is 10.8 Å². The van der Waals surface area contributed by atoms with Crippen LogP contribution in [0.3, 0.4) is 0 Å². The van der Waals surface area contributed by atoms with Crippen LogP contribution < -0.4 is 14.9 Å². The van der Waals surface area contributed by atoms with Crippen LogP contribution >= 0.6 is 22.9 Å². The minimum Gasteiger partial charge on any atom is -0.467 e. The molecule has 1 aromatic carbocycles. The summed E-state index contributed by atoms with van der Waals surface area (Å²) in [5.41, 5.74) is 6.56. The van der Waals surface area contributed by atoms with E-state index in [1.807, 2.05) is 0 Å². The Kier molecular flexibility index (Phi) is 7.52. The van der Waals surface area contributed by atoms with Gasteiger partial charge in [0.1, 0.15) is 22.9 Å². The largest absolute Gasteiger partial charge is 0.467 e. The Labute approximate surface area is 218 Å². The van der Waals surface area contributed by atoms with Crippen LogP contribution in [0, 0.1) is 0 Å². The molecule has 2 atom stereocenters. The summed E-state index contributed by atoms with van der Waals surface area (Å²) in [5, 5.41) is 2.75. The van der Waals surface area contributed by atoms with Crippen LogP contribution in [0.15, 0.2) is 30.6 Å². The SMILES string of the molecule is COC(=O)[C@@H](Cc1cc2ccnc(N)c2cc1Cl)N1CC[C@H](N(c2cnc(N(C)C)s2)[SH](=O)=O)C1=O. The number of nitrogen functional groups attached to an aromatic ring is 1. The maximum Gasteiger partial charge on any atom is 0.328 e.